The van der Waals surface area contributed by atoms with Crippen molar-refractivity contribution in [2.75, 3.05) is 39.4 Å². The molecule has 2 aliphatic rings. The molecule has 110 valence electrons. The van der Waals surface area contributed by atoms with Crippen molar-refractivity contribution in [3.05, 3.63) is 23.8 Å². The number of aliphatic imine (C=N–C) groups is 1. The molecule has 1 aliphatic heterocycles. The number of fused-ring (bicyclic) bond motifs is 1. The molecule has 1 aliphatic carbocycles. The van der Waals surface area contributed by atoms with Gasteiger partial charge >= 0.3 is 0 Å². The second kappa shape index (κ2) is 6.19. The smallest absolute Gasteiger partial charge is 0.227 e. The molecular weight excluding hydrogens is 272 g/mol. The Morgan fingerprint density at radius 2 is 1.86 bits per heavy atom. The van der Waals surface area contributed by atoms with Gasteiger partial charge in [0.1, 0.15) is 11.4 Å². The lowest BCUT2D eigenvalue weighted by Crippen LogP contribution is -2.38. The summed E-state index contributed by atoms with van der Waals surface area (Å²) in [6.07, 6.45) is 2.86. The second-order valence-electron chi connectivity index (χ2n) is 4.97. The third-order valence-corrected chi connectivity index (χ3v) is 3.59. The van der Waals surface area contributed by atoms with Crippen molar-refractivity contribution in [2.45, 2.75) is 6.42 Å². The number of rotatable bonds is 3. The number of Topliss-reactive ketones (excluding diaryl/α,β-unsaturated/α-hetero) is 2. The first-order valence-corrected chi connectivity index (χ1v) is 6.98. The van der Waals surface area contributed by atoms with E-state index in [2.05, 4.69) is 19.9 Å². The molecular formula is C14H16N4O3. The van der Waals surface area contributed by atoms with E-state index < -0.39 is 0 Å². The van der Waals surface area contributed by atoms with Gasteiger partial charge in [-0.3, -0.25) is 19.5 Å². The summed E-state index contributed by atoms with van der Waals surface area (Å²) in [7, 11) is 0. The average Bonchev–Trinajstić information content (AvgIpc) is 2.53. The van der Waals surface area contributed by atoms with E-state index in [-0.39, 0.29) is 29.4 Å². The van der Waals surface area contributed by atoms with Crippen LogP contribution >= 0.6 is 0 Å². The van der Waals surface area contributed by atoms with Crippen LogP contribution in [-0.4, -0.2) is 71.5 Å². The fourth-order valence-electron chi connectivity index (χ4n) is 2.44. The molecule has 0 N–H and O–H groups in total. The Balaban J connectivity index is 1.67. The van der Waals surface area contributed by atoms with E-state index >= 15 is 0 Å². The van der Waals surface area contributed by atoms with Crippen LogP contribution in [0.25, 0.3) is 0 Å². The van der Waals surface area contributed by atoms with Crippen LogP contribution in [0.15, 0.2) is 17.4 Å². The Morgan fingerprint density at radius 1 is 1.14 bits per heavy atom. The quantitative estimate of drug-likeness (QED) is 0.779. The summed E-state index contributed by atoms with van der Waals surface area (Å²) in [6, 6.07) is 0. The second-order valence-corrected chi connectivity index (χ2v) is 4.97. The number of hydrogen-bond acceptors (Lipinski definition) is 7. The van der Waals surface area contributed by atoms with Crippen LogP contribution in [0.5, 0.6) is 0 Å². The van der Waals surface area contributed by atoms with Crippen molar-refractivity contribution in [1.29, 1.82) is 0 Å². The standard InChI is InChI=1S/C14H16N4O3/c19-11-9-10(14(20)13-12(11)16-1-2-17-13)15-3-4-18-5-7-21-8-6-18/h1-2H,3-9H2. The normalized spacial score (nSPS) is 21.6. The van der Waals surface area contributed by atoms with Crippen molar-refractivity contribution >= 4 is 17.3 Å². The van der Waals surface area contributed by atoms with Gasteiger partial charge < -0.3 is 4.74 Å². The van der Waals surface area contributed by atoms with E-state index in [1.54, 1.807) is 0 Å². The zero-order valence-corrected chi connectivity index (χ0v) is 11.6. The van der Waals surface area contributed by atoms with Gasteiger partial charge in [-0.2, -0.15) is 0 Å². The topological polar surface area (TPSA) is 84.8 Å². The number of carbonyl (C=O) groups is 2. The minimum atomic E-state index is -0.278. The first-order valence-electron chi connectivity index (χ1n) is 6.98. The van der Waals surface area contributed by atoms with Crippen LogP contribution in [-0.2, 0) is 4.74 Å². The molecule has 1 aromatic rings. The summed E-state index contributed by atoms with van der Waals surface area (Å²) >= 11 is 0. The SMILES string of the molecule is O=C1CC(=NCCN2CCOCC2)C(=O)c2nccnc21. The molecule has 21 heavy (non-hydrogen) atoms. The van der Waals surface area contributed by atoms with Crippen molar-refractivity contribution in [1.82, 2.24) is 14.9 Å². The molecule has 0 saturated carbocycles. The number of hydrogen-bond donors (Lipinski definition) is 0. The van der Waals surface area contributed by atoms with Gasteiger partial charge in [0, 0.05) is 32.0 Å². The molecule has 0 atom stereocenters. The monoisotopic (exact) mass is 288 g/mol. The van der Waals surface area contributed by atoms with Gasteiger partial charge in [0.15, 0.2) is 5.78 Å². The van der Waals surface area contributed by atoms with Gasteiger partial charge in [-0.05, 0) is 0 Å². The van der Waals surface area contributed by atoms with Gasteiger partial charge in [-0.25, -0.2) is 9.97 Å². The molecule has 2 heterocycles. The molecule has 0 spiro atoms. The lowest BCUT2D eigenvalue weighted by Gasteiger charge is -2.25. The van der Waals surface area contributed by atoms with Crippen LogP contribution in [0.4, 0.5) is 0 Å². The van der Waals surface area contributed by atoms with Gasteiger partial charge in [-0.15, -0.1) is 0 Å². The summed E-state index contributed by atoms with van der Waals surface area (Å²) in [4.78, 5) is 38.6. The maximum atomic E-state index is 12.2. The first kappa shape index (κ1) is 14.0. The number of aromatic nitrogens is 2. The minimum Gasteiger partial charge on any atom is -0.379 e. The summed E-state index contributed by atoms with van der Waals surface area (Å²) < 4.78 is 5.27. The van der Waals surface area contributed by atoms with E-state index in [1.807, 2.05) is 0 Å². The molecule has 0 bridgehead atoms. The lowest BCUT2D eigenvalue weighted by molar-refractivity contribution is 0.0394. The summed E-state index contributed by atoms with van der Waals surface area (Å²) in [5.41, 5.74) is 0.578. The van der Waals surface area contributed by atoms with Crippen LogP contribution < -0.4 is 0 Å². The zero-order valence-electron chi connectivity index (χ0n) is 11.6. The molecule has 0 amide bonds. The molecule has 7 nitrogen and oxygen atoms in total. The fraction of sp³-hybridized carbons (Fsp3) is 0.500. The highest BCUT2D eigenvalue weighted by molar-refractivity contribution is 6.52. The van der Waals surface area contributed by atoms with E-state index in [4.69, 9.17) is 4.74 Å². The van der Waals surface area contributed by atoms with E-state index in [1.165, 1.54) is 12.4 Å². The number of ketones is 2. The molecule has 0 radical (unpaired) electrons. The first-order chi connectivity index (χ1) is 10.3. The minimum absolute atomic E-state index is 0.0215. The van der Waals surface area contributed by atoms with Crippen molar-refractivity contribution in [3.8, 4) is 0 Å². The number of carbonyl (C=O) groups excluding carboxylic acids is 2. The van der Waals surface area contributed by atoms with Crippen molar-refractivity contribution in [2.24, 2.45) is 4.99 Å². The molecule has 1 aromatic heterocycles. The molecule has 7 heteroatoms. The Labute approximate surface area is 122 Å². The van der Waals surface area contributed by atoms with Crippen LogP contribution in [0.1, 0.15) is 27.4 Å². The molecule has 1 saturated heterocycles. The van der Waals surface area contributed by atoms with Gasteiger partial charge in [0.25, 0.3) is 0 Å². The summed E-state index contributed by atoms with van der Waals surface area (Å²) in [6.45, 7) is 4.50. The highest BCUT2D eigenvalue weighted by Crippen LogP contribution is 2.15. The van der Waals surface area contributed by atoms with Crippen molar-refractivity contribution in [3.63, 3.8) is 0 Å². The Bertz CT molecular complexity index is 594. The van der Waals surface area contributed by atoms with Crippen LogP contribution in [0, 0.1) is 0 Å². The highest BCUT2D eigenvalue weighted by Gasteiger charge is 2.31. The molecule has 0 unspecified atom stereocenters. The molecule has 1 fully saturated rings. The highest BCUT2D eigenvalue weighted by atomic mass is 16.5. The van der Waals surface area contributed by atoms with E-state index in [0.29, 0.717) is 12.3 Å². The third-order valence-electron chi connectivity index (χ3n) is 3.59. The van der Waals surface area contributed by atoms with E-state index in [9.17, 15) is 9.59 Å². The van der Waals surface area contributed by atoms with Gasteiger partial charge in [-0.1, -0.05) is 0 Å². The van der Waals surface area contributed by atoms with Crippen LogP contribution in [0.2, 0.25) is 0 Å². The predicted molar refractivity (Wildman–Crippen MR) is 74.9 cm³/mol. The molecule has 3 rings (SSSR count). The van der Waals surface area contributed by atoms with Crippen LogP contribution in [0.3, 0.4) is 0 Å². The number of morpholine rings is 1. The Kier molecular flexibility index (Phi) is 4.12. The van der Waals surface area contributed by atoms with Gasteiger partial charge in [0.05, 0.1) is 31.9 Å². The van der Waals surface area contributed by atoms with Gasteiger partial charge in [0.2, 0.25) is 5.78 Å². The maximum Gasteiger partial charge on any atom is 0.227 e. The zero-order chi connectivity index (χ0) is 14.7. The summed E-state index contributed by atoms with van der Waals surface area (Å²) in [5.74, 6) is -0.470. The predicted octanol–water partition coefficient (Wildman–Crippen LogP) is 0.0189. The third kappa shape index (κ3) is 3.03. The summed E-state index contributed by atoms with van der Waals surface area (Å²) in [5, 5.41) is 0. The number of ether oxygens (including phenoxy) is 1. The Morgan fingerprint density at radius 3 is 2.62 bits per heavy atom. The Hall–Kier alpha value is -1.99. The van der Waals surface area contributed by atoms with E-state index in [0.717, 1.165) is 32.8 Å². The maximum absolute atomic E-state index is 12.2. The number of nitrogens with zero attached hydrogens (tertiary/aromatic N) is 4. The lowest BCUT2D eigenvalue weighted by atomic mass is 9.96. The largest absolute Gasteiger partial charge is 0.379 e. The molecule has 0 aromatic carbocycles. The van der Waals surface area contributed by atoms with Crippen molar-refractivity contribution < 1.29 is 14.3 Å². The average molecular weight is 288 g/mol. The fourth-order valence-corrected chi connectivity index (χ4v) is 2.44.